The summed E-state index contributed by atoms with van der Waals surface area (Å²) in [5.41, 5.74) is 0.915. The summed E-state index contributed by atoms with van der Waals surface area (Å²) in [6.07, 6.45) is 4.87. The molecule has 1 saturated carbocycles. The first-order valence-electron chi connectivity index (χ1n) is 9.85. The van der Waals surface area contributed by atoms with Crippen LogP contribution in [0.2, 0.25) is 0 Å². The Kier molecular flexibility index (Phi) is 5.29. The van der Waals surface area contributed by atoms with E-state index in [1.54, 1.807) is 17.0 Å². The summed E-state index contributed by atoms with van der Waals surface area (Å²) >= 11 is 0. The van der Waals surface area contributed by atoms with Crippen molar-refractivity contribution in [3.63, 3.8) is 0 Å². The van der Waals surface area contributed by atoms with Crippen LogP contribution in [0.25, 0.3) is 0 Å². The van der Waals surface area contributed by atoms with Crippen LogP contribution in [0.5, 0.6) is 0 Å². The number of benzene rings is 1. The maximum Gasteiger partial charge on any atom is 0.318 e. The zero-order chi connectivity index (χ0) is 18.8. The molecule has 2 aliphatic heterocycles. The van der Waals surface area contributed by atoms with Crippen molar-refractivity contribution in [1.82, 2.24) is 15.5 Å². The highest BCUT2D eigenvalue weighted by Gasteiger charge is 2.37. The third-order valence-electron chi connectivity index (χ3n) is 5.59. The van der Waals surface area contributed by atoms with Crippen LogP contribution in [-0.2, 0) is 9.53 Å². The minimum atomic E-state index is -0.363. The van der Waals surface area contributed by atoms with Crippen LogP contribution >= 0.6 is 0 Å². The maximum absolute atomic E-state index is 13.1. The average molecular weight is 375 g/mol. The molecule has 0 radical (unpaired) electrons. The lowest BCUT2D eigenvalue weighted by molar-refractivity contribution is -0.124. The van der Waals surface area contributed by atoms with Gasteiger partial charge in [0.2, 0.25) is 5.91 Å². The number of rotatable bonds is 4. The molecule has 7 heteroatoms. The summed E-state index contributed by atoms with van der Waals surface area (Å²) in [6, 6.07) is 6.05. The largest absolute Gasteiger partial charge is 0.373 e. The first kappa shape index (κ1) is 18.2. The summed E-state index contributed by atoms with van der Waals surface area (Å²) in [6.45, 7) is 1.15. The minimum absolute atomic E-state index is 0.0194. The Morgan fingerprint density at radius 1 is 1.04 bits per heavy atom. The number of hydrogen-bond acceptors (Lipinski definition) is 3. The van der Waals surface area contributed by atoms with Gasteiger partial charge in [0, 0.05) is 25.2 Å². The van der Waals surface area contributed by atoms with E-state index in [-0.39, 0.29) is 35.9 Å². The Bertz CT molecular complexity index is 692. The summed E-state index contributed by atoms with van der Waals surface area (Å²) in [7, 11) is 0. The molecule has 6 nitrogen and oxygen atoms in total. The number of nitrogens with zero attached hydrogens (tertiary/aromatic N) is 1. The van der Waals surface area contributed by atoms with Gasteiger partial charge in [-0.2, -0.15) is 0 Å². The number of urea groups is 1. The standard InChI is InChI=1S/C20H26FN3O3/c21-14-5-3-13(4-6-14)18-12-16(9-11-27-18)23-20(26)24-10-1-2-17(24)19(25)22-15-7-8-15/h3-6,15-18H,1-2,7-12H2,(H,22,25)(H,23,26). The van der Waals surface area contributed by atoms with Gasteiger partial charge in [0.05, 0.1) is 6.10 Å². The van der Waals surface area contributed by atoms with Gasteiger partial charge >= 0.3 is 6.03 Å². The highest BCUT2D eigenvalue weighted by Crippen LogP contribution is 2.29. The quantitative estimate of drug-likeness (QED) is 0.849. The van der Waals surface area contributed by atoms with Gasteiger partial charge in [-0.05, 0) is 56.2 Å². The van der Waals surface area contributed by atoms with Crippen molar-refractivity contribution in [2.75, 3.05) is 13.2 Å². The second-order valence-corrected chi connectivity index (χ2v) is 7.72. The lowest BCUT2D eigenvalue weighted by atomic mass is 9.97. The van der Waals surface area contributed by atoms with Gasteiger partial charge in [0.1, 0.15) is 11.9 Å². The van der Waals surface area contributed by atoms with E-state index in [1.165, 1.54) is 12.1 Å². The summed E-state index contributed by atoms with van der Waals surface area (Å²) in [5, 5.41) is 6.08. The van der Waals surface area contributed by atoms with Crippen LogP contribution in [0, 0.1) is 5.82 Å². The SMILES string of the molecule is O=C(NC1CC1)C1CCCN1C(=O)NC1CCOC(c2ccc(F)cc2)C1. The first-order valence-corrected chi connectivity index (χ1v) is 9.85. The molecule has 3 aliphatic rings. The zero-order valence-corrected chi connectivity index (χ0v) is 15.3. The van der Waals surface area contributed by atoms with Gasteiger partial charge in [-0.25, -0.2) is 9.18 Å². The molecule has 0 bridgehead atoms. The molecule has 2 N–H and O–H groups in total. The van der Waals surface area contributed by atoms with Gasteiger partial charge in [-0.1, -0.05) is 12.1 Å². The molecule has 146 valence electrons. The molecular formula is C20H26FN3O3. The van der Waals surface area contributed by atoms with Crippen LogP contribution in [0.4, 0.5) is 9.18 Å². The van der Waals surface area contributed by atoms with Gasteiger partial charge in [0.25, 0.3) is 0 Å². The summed E-state index contributed by atoms with van der Waals surface area (Å²) < 4.78 is 18.9. The molecule has 2 heterocycles. The Balaban J connectivity index is 1.34. The Morgan fingerprint density at radius 2 is 1.81 bits per heavy atom. The third kappa shape index (κ3) is 4.40. The minimum Gasteiger partial charge on any atom is -0.373 e. The lowest BCUT2D eigenvalue weighted by Gasteiger charge is -2.32. The highest BCUT2D eigenvalue weighted by atomic mass is 19.1. The van der Waals surface area contributed by atoms with E-state index < -0.39 is 0 Å². The fourth-order valence-corrected chi connectivity index (χ4v) is 3.90. The molecular weight excluding hydrogens is 349 g/mol. The number of carbonyl (C=O) groups excluding carboxylic acids is 2. The molecule has 0 aromatic heterocycles. The molecule has 3 atom stereocenters. The Hall–Kier alpha value is -2.15. The Morgan fingerprint density at radius 3 is 2.56 bits per heavy atom. The monoisotopic (exact) mass is 375 g/mol. The van der Waals surface area contributed by atoms with E-state index in [9.17, 15) is 14.0 Å². The van der Waals surface area contributed by atoms with E-state index >= 15 is 0 Å². The number of nitrogens with one attached hydrogen (secondary N) is 2. The molecule has 3 fully saturated rings. The normalized spacial score (nSPS) is 28.0. The average Bonchev–Trinajstić information content (AvgIpc) is 3.33. The van der Waals surface area contributed by atoms with Crippen molar-refractivity contribution in [3.8, 4) is 0 Å². The van der Waals surface area contributed by atoms with Crippen molar-refractivity contribution in [1.29, 1.82) is 0 Å². The van der Waals surface area contributed by atoms with E-state index in [4.69, 9.17) is 4.74 Å². The predicted molar refractivity (Wildman–Crippen MR) is 97.5 cm³/mol. The second-order valence-electron chi connectivity index (χ2n) is 7.72. The molecule has 2 saturated heterocycles. The van der Waals surface area contributed by atoms with Crippen molar-refractivity contribution in [2.45, 2.75) is 62.8 Å². The van der Waals surface area contributed by atoms with E-state index in [0.717, 1.165) is 37.7 Å². The van der Waals surface area contributed by atoms with Crippen molar-refractivity contribution < 1.29 is 18.7 Å². The molecule has 4 rings (SSSR count). The van der Waals surface area contributed by atoms with Gasteiger partial charge in [-0.15, -0.1) is 0 Å². The maximum atomic E-state index is 13.1. The molecule has 3 amide bonds. The van der Waals surface area contributed by atoms with Crippen LogP contribution in [0.15, 0.2) is 24.3 Å². The number of amides is 3. The molecule has 1 aromatic rings. The van der Waals surface area contributed by atoms with E-state index in [1.807, 2.05) is 0 Å². The molecule has 1 aliphatic carbocycles. The fourth-order valence-electron chi connectivity index (χ4n) is 3.90. The number of carbonyl (C=O) groups is 2. The molecule has 27 heavy (non-hydrogen) atoms. The van der Waals surface area contributed by atoms with E-state index in [0.29, 0.717) is 25.6 Å². The lowest BCUT2D eigenvalue weighted by Crippen LogP contribution is -2.52. The van der Waals surface area contributed by atoms with Crippen molar-refractivity contribution in [3.05, 3.63) is 35.6 Å². The summed E-state index contributed by atoms with van der Waals surface area (Å²) in [5.74, 6) is -0.301. The van der Waals surface area contributed by atoms with Gasteiger partial charge in [-0.3, -0.25) is 4.79 Å². The topological polar surface area (TPSA) is 70.7 Å². The van der Waals surface area contributed by atoms with E-state index in [2.05, 4.69) is 10.6 Å². The third-order valence-corrected chi connectivity index (χ3v) is 5.59. The number of likely N-dealkylation sites (tertiary alicyclic amines) is 1. The number of ether oxygens (including phenoxy) is 1. The Labute approximate surface area is 158 Å². The van der Waals surface area contributed by atoms with Crippen molar-refractivity contribution in [2.24, 2.45) is 0 Å². The number of halogens is 1. The van der Waals surface area contributed by atoms with Crippen LogP contribution in [0.3, 0.4) is 0 Å². The van der Waals surface area contributed by atoms with Gasteiger partial charge in [0.15, 0.2) is 0 Å². The highest BCUT2D eigenvalue weighted by molar-refractivity contribution is 5.88. The van der Waals surface area contributed by atoms with Crippen molar-refractivity contribution >= 4 is 11.9 Å². The van der Waals surface area contributed by atoms with Crippen LogP contribution in [0.1, 0.15) is 50.2 Å². The molecule has 1 aromatic carbocycles. The predicted octanol–water partition coefficient (Wildman–Crippen LogP) is 2.50. The molecule has 0 spiro atoms. The van der Waals surface area contributed by atoms with Crippen LogP contribution in [-0.4, -0.2) is 48.1 Å². The second kappa shape index (κ2) is 7.84. The van der Waals surface area contributed by atoms with Gasteiger partial charge < -0.3 is 20.3 Å². The fraction of sp³-hybridized carbons (Fsp3) is 0.600. The smallest absolute Gasteiger partial charge is 0.318 e. The zero-order valence-electron chi connectivity index (χ0n) is 15.3. The number of hydrogen-bond donors (Lipinski definition) is 2. The molecule has 3 unspecified atom stereocenters. The first-order chi connectivity index (χ1) is 13.1. The van der Waals surface area contributed by atoms with Crippen LogP contribution < -0.4 is 10.6 Å². The summed E-state index contributed by atoms with van der Waals surface area (Å²) in [4.78, 5) is 26.8.